The molecule has 3 aromatic rings. The maximum Gasteiger partial charge on any atom is 0.258 e. The van der Waals surface area contributed by atoms with Gasteiger partial charge in [-0.25, -0.2) is 0 Å². The van der Waals surface area contributed by atoms with Gasteiger partial charge < -0.3 is 14.7 Å². The van der Waals surface area contributed by atoms with E-state index in [9.17, 15) is 9.90 Å². The van der Waals surface area contributed by atoms with E-state index in [2.05, 4.69) is 22.0 Å². The van der Waals surface area contributed by atoms with Gasteiger partial charge in [0.25, 0.3) is 5.91 Å². The summed E-state index contributed by atoms with van der Waals surface area (Å²) >= 11 is 0. The Morgan fingerprint density at radius 1 is 1.07 bits per heavy atom. The Balaban J connectivity index is 1.47. The molecule has 0 aliphatic carbocycles. The molecule has 0 bridgehead atoms. The molecule has 29 heavy (non-hydrogen) atoms. The second kappa shape index (κ2) is 8.49. The average Bonchev–Trinajstić information content (AvgIpc) is 2.99. The van der Waals surface area contributed by atoms with Gasteiger partial charge in [0.05, 0.1) is 24.4 Å². The molecule has 1 saturated heterocycles. The van der Waals surface area contributed by atoms with Crippen molar-refractivity contribution in [3.63, 3.8) is 0 Å². The SMILES string of the molecule is COc1ccc(CN2CCCN(C(=O)c3c(O)cnc4ccccc34)CC2)cc1. The fourth-order valence-corrected chi connectivity index (χ4v) is 3.83. The first-order valence-corrected chi connectivity index (χ1v) is 9.87. The van der Waals surface area contributed by atoms with Crippen molar-refractivity contribution in [3.8, 4) is 11.5 Å². The number of fused-ring (bicyclic) bond motifs is 1. The van der Waals surface area contributed by atoms with E-state index in [1.807, 2.05) is 41.3 Å². The Hall–Kier alpha value is -3.12. The molecule has 0 saturated carbocycles. The Morgan fingerprint density at radius 3 is 2.66 bits per heavy atom. The van der Waals surface area contributed by atoms with E-state index < -0.39 is 0 Å². The standard InChI is InChI=1S/C23H25N3O3/c1-29-18-9-7-17(8-10-18)16-25-11-4-12-26(14-13-25)23(28)22-19-5-2-3-6-20(19)24-15-21(22)27/h2-3,5-10,15,27H,4,11-14,16H2,1H3. The number of pyridine rings is 1. The van der Waals surface area contributed by atoms with Gasteiger partial charge in [-0.15, -0.1) is 0 Å². The number of carbonyl (C=O) groups excluding carboxylic acids is 1. The summed E-state index contributed by atoms with van der Waals surface area (Å²) in [5.41, 5.74) is 2.28. The molecule has 0 radical (unpaired) electrons. The Morgan fingerprint density at radius 2 is 1.86 bits per heavy atom. The summed E-state index contributed by atoms with van der Waals surface area (Å²) in [6.45, 7) is 3.87. The minimum absolute atomic E-state index is 0.0620. The van der Waals surface area contributed by atoms with Gasteiger partial charge in [-0.1, -0.05) is 30.3 Å². The summed E-state index contributed by atoms with van der Waals surface area (Å²) in [5, 5.41) is 11.0. The van der Waals surface area contributed by atoms with E-state index in [0.717, 1.165) is 31.8 Å². The van der Waals surface area contributed by atoms with E-state index >= 15 is 0 Å². The summed E-state index contributed by atoms with van der Waals surface area (Å²) in [4.78, 5) is 21.7. The van der Waals surface area contributed by atoms with Gasteiger partial charge in [0.2, 0.25) is 0 Å². The summed E-state index contributed by atoms with van der Waals surface area (Å²) in [6.07, 6.45) is 2.26. The van der Waals surface area contributed by atoms with Crippen molar-refractivity contribution in [2.75, 3.05) is 33.3 Å². The quantitative estimate of drug-likeness (QED) is 0.739. The molecule has 2 aromatic carbocycles. The topological polar surface area (TPSA) is 65.9 Å². The number of aromatic nitrogens is 1. The number of para-hydroxylation sites is 1. The maximum absolute atomic E-state index is 13.2. The highest BCUT2D eigenvalue weighted by Gasteiger charge is 2.24. The highest BCUT2D eigenvalue weighted by atomic mass is 16.5. The third-order valence-electron chi connectivity index (χ3n) is 5.41. The van der Waals surface area contributed by atoms with Crippen molar-refractivity contribution in [1.82, 2.24) is 14.8 Å². The van der Waals surface area contributed by atoms with Crippen molar-refractivity contribution in [2.45, 2.75) is 13.0 Å². The minimum atomic E-state index is -0.132. The fraction of sp³-hybridized carbons (Fsp3) is 0.304. The molecule has 1 aliphatic heterocycles. The van der Waals surface area contributed by atoms with E-state index in [-0.39, 0.29) is 11.7 Å². The number of methoxy groups -OCH3 is 1. The zero-order valence-electron chi connectivity index (χ0n) is 16.5. The monoisotopic (exact) mass is 391 g/mol. The highest BCUT2D eigenvalue weighted by Crippen LogP contribution is 2.27. The zero-order valence-corrected chi connectivity index (χ0v) is 16.5. The number of nitrogens with zero attached hydrogens (tertiary/aromatic N) is 3. The Bertz CT molecular complexity index is 1000. The third kappa shape index (κ3) is 4.17. The van der Waals surface area contributed by atoms with Gasteiger partial charge in [0.1, 0.15) is 11.5 Å². The smallest absolute Gasteiger partial charge is 0.258 e. The fourth-order valence-electron chi connectivity index (χ4n) is 3.83. The van der Waals surface area contributed by atoms with Crippen LogP contribution in [0, 0.1) is 0 Å². The number of hydrogen-bond donors (Lipinski definition) is 1. The van der Waals surface area contributed by atoms with Crippen LogP contribution >= 0.6 is 0 Å². The van der Waals surface area contributed by atoms with E-state index in [0.29, 0.717) is 29.6 Å². The molecule has 1 amide bonds. The van der Waals surface area contributed by atoms with Crippen LogP contribution in [0.4, 0.5) is 0 Å². The predicted molar refractivity (Wildman–Crippen MR) is 112 cm³/mol. The van der Waals surface area contributed by atoms with Crippen LogP contribution in [-0.2, 0) is 6.54 Å². The molecule has 1 fully saturated rings. The summed E-state index contributed by atoms with van der Waals surface area (Å²) in [5.74, 6) is 0.659. The zero-order chi connectivity index (χ0) is 20.2. The lowest BCUT2D eigenvalue weighted by Gasteiger charge is -2.23. The van der Waals surface area contributed by atoms with Gasteiger partial charge in [-0.2, -0.15) is 0 Å². The third-order valence-corrected chi connectivity index (χ3v) is 5.41. The summed E-state index contributed by atoms with van der Waals surface area (Å²) in [6, 6.07) is 15.5. The molecular weight excluding hydrogens is 366 g/mol. The van der Waals surface area contributed by atoms with Crippen LogP contribution in [0.5, 0.6) is 11.5 Å². The van der Waals surface area contributed by atoms with Crippen LogP contribution < -0.4 is 4.74 Å². The molecule has 0 spiro atoms. The molecule has 150 valence electrons. The first-order valence-electron chi connectivity index (χ1n) is 9.87. The average molecular weight is 391 g/mol. The molecule has 4 rings (SSSR count). The molecule has 1 aliphatic rings. The van der Waals surface area contributed by atoms with Gasteiger partial charge in [0.15, 0.2) is 0 Å². The minimum Gasteiger partial charge on any atom is -0.505 e. The van der Waals surface area contributed by atoms with E-state index in [1.165, 1.54) is 11.8 Å². The van der Waals surface area contributed by atoms with E-state index in [4.69, 9.17) is 4.74 Å². The lowest BCUT2D eigenvalue weighted by molar-refractivity contribution is 0.0760. The van der Waals surface area contributed by atoms with Crippen LogP contribution in [0.15, 0.2) is 54.7 Å². The molecule has 0 atom stereocenters. The largest absolute Gasteiger partial charge is 0.505 e. The molecule has 6 heteroatoms. The van der Waals surface area contributed by atoms with Crippen molar-refractivity contribution in [1.29, 1.82) is 0 Å². The molecule has 1 aromatic heterocycles. The van der Waals surface area contributed by atoms with Crippen LogP contribution in [0.2, 0.25) is 0 Å². The normalized spacial score (nSPS) is 15.3. The lowest BCUT2D eigenvalue weighted by atomic mass is 10.1. The molecule has 1 N–H and O–H groups in total. The van der Waals surface area contributed by atoms with Gasteiger partial charge >= 0.3 is 0 Å². The molecule has 0 unspecified atom stereocenters. The number of aromatic hydroxyl groups is 1. The predicted octanol–water partition coefficient (Wildman–Crippen LogP) is 3.30. The molecule has 6 nitrogen and oxygen atoms in total. The molecular formula is C23H25N3O3. The van der Waals surface area contributed by atoms with Crippen molar-refractivity contribution in [2.24, 2.45) is 0 Å². The highest BCUT2D eigenvalue weighted by molar-refractivity contribution is 6.08. The van der Waals surface area contributed by atoms with Gasteiger partial charge in [0, 0.05) is 38.1 Å². The van der Waals surface area contributed by atoms with Crippen LogP contribution in [0.3, 0.4) is 0 Å². The Kier molecular flexibility index (Phi) is 5.62. The summed E-state index contributed by atoms with van der Waals surface area (Å²) in [7, 11) is 1.67. The summed E-state index contributed by atoms with van der Waals surface area (Å²) < 4.78 is 5.22. The molecule has 2 heterocycles. The van der Waals surface area contributed by atoms with Crippen LogP contribution in [0.1, 0.15) is 22.3 Å². The number of carbonyl (C=O) groups is 1. The van der Waals surface area contributed by atoms with E-state index in [1.54, 1.807) is 7.11 Å². The first-order chi connectivity index (χ1) is 14.2. The van der Waals surface area contributed by atoms with Crippen molar-refractivity contribution >= 4 is 16.8 Å². The van der Waals surface area contributed by atoms with Gasteiger partial charge in [-0.05, 0) is 30.2 Å². The second-order valence-corrected chi connectivity index (χ2v) is 7.31. The van der Waals surface area contributed by atoms with Crippen molar-refractivity contribution < 1.29 is 14.6 Å². The number of rotatable bonds is 4. The second-order valence-electron chi connectivity index (χ2n) is 7.31. The number of benzene rings is 2. The van der Waals surface area contributed by atoms with Crippen molar-refractivity contribution in [3.05, 3.63) is 65.9 Å². The lowest BCUT2D eigenvalue weighted by Crippen LogP contribution is -2.35. The van der Waals surface area contributed by atoms with Gasteiger partial charge in [-0.3, -0.25) is 14.7 Å². The number of hydrogen-bond acceptors (Lipinski definition) is 5. The van der Waals surface area contributed by atoms with Crippen LogP contribution in [-0.4, -0.2) is 59.1 Å². The number of amides is 1. The maximum atomic E-state index is 13.2. The first kappa shape index (κ1) is 19.2. The number of ether oxygens (including phenoxy) is 1. The Labute approximate surface area is 170 Å². The van der Waals surface area contributed by atoms with Crippen LogP contribution in [0.25, 0.3) is 10.9 Å².